The van der Waals surface area contributed by atoms with Gasteiger partial charge in [0.1, 0.15) is 11.8 Å². The van der Waals surface area contributed by atoms with Gasteiger partial charge in [0.15, 0.2) is 17.3 Å². The molecule has 1 aromatic rings. The Morgan fingerprint density at radius 3 is 2.58 bits per heavy atom. The number of ether oxygens (including phenoxy) is 1. The standard InChI is InChI=1S/C15H20N6O3/c1-4-21(5-2)15(23)9-6-10(13(22)12(7-9)24-3)19-20-11(8-16)14(17)18/h6-7,19,22H,4-5H2,1-3H3,(H3,17,18)/b20-11+. The molecule has 1 amide bonds. The molecule has 1 aromatic carbocycles. The molecule has 0 heterocycles. The van der Waals surface area contributed by atoms with Crippen LogP contribution in [0.15, 0.2) is 17.2 Å². The summed E-state index contributed by atoms with van der Waals surface area (Å²) in [5.74, 6) is -0.963. The summed E-state index contributed by atoms with van der Waals surface area (Å²) < 4.78 is 5.06. The zero-order chi connectivity index (χ0) is 18.3. The zero-order valence-corrected chi connectivity index (χ0v) is 13.8. The molecule has 0 aliphatic carbocycles. The summed E-state index contributed by atoms with van der Waals surface area (Å²) >= 11 is 0. The highest BCUT2D eigenvalue weighted by Crippen LogP contribution is 2.36. The van der Waals surface area contributed by atoms with Crippen molar-refractivity contribution in [3.05, 3.63) is 17.7 Å². The van der Waals surface area contributed by atoms with Crippen LogP contribution in [0.1, 0.15) is 24.2 Å². The lowest BCUT2D eigenvalue weighted by Gasteiger charge is -2.20. The topological polar surface area (TPSA) is 148 Å². The van der Waals surface area contributed by atoms with Gasteiger partial charge in [0.2, 0.25) is 5.71 Å². The number of anilines is 1. The SMILES string of the molecule is CCN(CC)C(=O)c1cc(N/N=C(\C#N)C(=N)N)c(O)c(OC)c1. The average molecular weight is 332 g/mol. The fourth-order valence-corrected chi connectivity index (χ4v) is 1.93. The van der Waals surface area contributed by atoms with Crippen LogP contribution < -0.4 is 15.9 Å². The van der Waals surface area contributed by atoms with Gasteiger partial charge < -0.3 is 20.5 Å². The fraction of sp³-hybridized carbons (Fsp3) is 0.333. The van der Waals surface area contributed by atoms with Crippen LogP contribution in [0, 0.1) is 16.7 Å². The van der Waals surface area contributed by atoms with E-state index in [1.165, 1.54) is 19.2 Å². The molecule has 0 atom stereocenters. The summed E-state index contributed by atoms with van der Waals surface area (Å²) in [4.78, 5) is 14.1. The maximum Gasteiger partial charge on any atom is 0.254 e. The number of nitrogens with two attached hydrogens (primary N) is 1. The number of nitriles is 1. The van der Waals surface area contributed by atoms with Gasteiger partial charge in [-0.15, -0.1) is 0 Å². The van der Waals surface area contributed by atoms with E-state index >= 15 is 0 Å². The monoisotopic (exact) mass is 332 g/mol. The average Bonchev–Trinajstić information content (AvgIpc) is 2.57. The van der Waals surface area contributed by atoms with E-state index in [2.05, 4.69) is 10.5 Å². The fourth-order valence-electron chi connectivity index (χ4n) is 1.93. The smallest absolute Gasteiger partial charge is 0.254 e. The van der Waals surface area contributed by atoms with Crippen LogP contribution in [0.25, 0.3) is 0 Å². The van der Waals surface area contributed by atoms with Crippen molar-refractivity contribution >= 4 is 23.1 Å². The Labute approximate surface area is 139 Å². The molecule has 0 radical (unpaired) electrons. The number of phenolic OH excluding ortho intramolecular Hbond substituents is 1. The van der Waals surface area contributed by atoms with Gasteiger partial charge in [-0.05, 0) is 26.0 Å². The minimum absolute atomic E-state index is 0.0545. The third kappa shape index (κ3) is 4.13. The predicted octanol–water partition coefficient (Wildman–Crippen LogP) is 1.11. The molecule has 1 rings (SSSR count). The summed E-state index contributed by atoms with van der Waals surface area (Å²) in [6.45, 7) is 4.77. The molecule has 0 fully saturated rings. The minimum Gasteiger partial charge on any atom is -0.503 e. The number of phenols is 1. The third-order valence-electron chi connectivity index (χ3n) is 3.24. The Bertz CT molecular complexity index is 704. The Balaban J connectivity index is 3.31. The van der Waals surface area contributed by atoms with Gasteiger partial charge in [-0.3, -0.25) is 15.6 Å². The Hall–Kier alpha value is -3.28. The number of hydrogen-bond donors (Lipinski definition) is 4. The van der Waals surface area contributed by atoms with E-state index in [9.17, 15) is 9.90 Å². The molecule has 0 saturated heterocycles. The molecular weight excluding hydrogens is 312 g/mol. The largest absolute Gasteiger partial charge is 0.503 e. The van der Waals surface area contributed by atoms with Crippen LogP contribution in [0.4, 0.5) is 5.69 Å². The molecular formula is C15H20N6O3. The number of rotatable bonds is 7. The number of hydrazone groups is 1. The lowest BCUT2D eigenvalue weighted by Crippen LogP contribution is -2.30. The number of amides is 1. The third-order valence-corrected chi connectivity index (χ3v) is 3.24. The van der Waals surface area contributed by atoms with Crippen molar-refractivity contribution in [1.82, 2.24) is 4.90 Å². The highest BCUT2D eigenvalue weighted by molar-refractivity contribution is 6.45. The van der Waals surface area contributed by atoms with Crippen LogP contribution >= 0.6 is 0 Å². The van der Waals surface area contributed by atoms with Crippen molar-refractivity contribution in [3.8, 4) is 17.6 Å². The second kappa shape index (κ2) is 8.38. The van der Waals surface area contributed by atoms with Crippen molar-refractivity contribution in [2.75, 3.05) is 25.6 Å². The molecule has 9 nitrogen and oxygen atoms in total. The molecule has 24 heavy (non-hydrogen) atoms. The first kappa shape index (κ1) is 18.8. The van der Waals surface area contributed by atoms with Crippen molar-refractivity contribution in [2.45, 2.75) is 13.8 Å². The number of nitrogens with zero attached hydrogens (tertiary/aromatic N) is 3. The summed E-state index contributed by atoms with van der Waals surface area (Å²) in [6.07, 6.45) is 0. The van der Waals surface area contributed by atoms with Gasteiger partial charge in [0.05, 0.1) is 7.11 Å². The van der Waals surface area contributed by atoms with Crippen molar-refractivity contribution in [2.24, 2.45) is 10.8 Å². The Kier molecular flexibility index (Phi) is 6.55. The van der Waals surface area contributed by atoms with Crippen LogP contribution in [0.3, 0.4) is 0 Å². The maximum absolute atomic E-state index is 12.5. The van der Waals surface area contributed by atoms with Crippen LogP contribution in [-0.4, -0.2) is 47.7 Å². The van der Waals surface area contributed by atoms with Gasteiger partial charge >= 0.3 is 0 Å². The summed E-state index contributed by atoms with van der Waals surface area (Å²) in [7, 11) is 1.35. The number of benzene rings is 1. The van der Waals surface area contributed by atoms with E-state index in [4.69, 9.17) is 21.1 Å². The van der Waals surface area contributed by atoms with E-state index in [0.29, 0.717) is 13.1 Å². The maximum atomic E-state index is 12.5. The molecule has 128 valence electrons. The van der Waals surface area contributed by atoms with Crippen LogP contribution in [0.2, 0.25) is 0 Å². The van der Waals surface area contributed by atoms with E-state index in [-0.39, 0.29) is 34.4 Å². The number of carbonyl (C=O) groups excluding carboxylic acids is 1. The summed E-state index contributed by atoms with van der Waals surface area (Å²) in [5, 5.41) is 29.8. The molecule has 0 bridgehead atoms. The molecule has 0 aromatic heterocycles. The van der Waals surface area contributed by atoms with Gasteiger partial charge in [-0.25, -0.2) is 0 Å². The number of aromatic hydroxyl groups is 1. The number of hydrogen-bond acceptors (Lipinski definition) is 7. The van der Waals surface area contributed by atoms with Gasteiger partial charge in [0.25, 0.3) is 5.91 Å². The van der Waals surface area contributed by atoms with E-state index < -0.39 is 5.84 Å². The van der Waals surface area contributed by atoms with Gasteiger partial charge in [-0.2, -0.15) is 10.4 Å². The summed E-state index contributed by atoms with van der Waals surface area (Å²) in [5.41, 5.74) is 7.62. The number of nitrogens with one attached hydrogen (secondary N) is 2. The quantitative estimate of drug-likeness (QED) is 0.254. The molecule has 0 aliphatic heterocycles. The van der Waals surface area contributed by atoms with Crippen LogP contribution in [-0.2, 0) is 0 Å². The predicted molar refractivity (Wildman–Crippen MR) is 90.5 cm³/mol. The lowest BCUT2D eigenvalue weighted by molar-refractivity contribution is 0.0772. The number of amidine groups is 1. The van der Waals surface area contributed by atoms with Crippen LogP contribution in [0.5, 0.6) is 11.5 Å². The Morgan fingerprint density at radius 1 is 1.50 bits per heavy atom. The first-order chi connectivity index (χ1) is 11.4. The lowest BCUT2D eigenvalue weighted by atomic mass is 10.1. The van der Waals surface area contributed by atoms with Crippen molar-refractivity contribution in [1.29, 1.82) is 10.7 Å². The van der Waals surface area contributed by atoms with Crippen molar-refractivity contribution < 1.29 is 14.6 Å². The molecule has 0 saturated carbocycles. The van der Waals surface area contributed by atoms with Gasteiger partial charge in [0, 0.05) is 18.7 Å². The highest BCUT2D eigenvalue weighted by atomic mass is 16.5. The molecule has 9 heteroatoms. The van der Waals surface area contributed by atoms with Crippen molar-refractivity contribution in [3.63, 3.8) is 0 Å². The normalized spacial score (nSPS) is 10.7. The first-order valence-corrected chi connectivity index (χ1v) is 7.17. The number of methoxy groups -OCH3 is 1. The second-order valence-electron chi connectivity index (χ2n) is 4.65. The zero-order valence-electron chi connectivity index (χ0n) is 13.8. The minimum atomic E-state index is -0.521. The second-order valence-corrected chi connectivity index (χ2v) is 4.65. The van der Waals surface area contributed by atoms with E-state index in [1.807, 2.05) is 13.8 Å². The molecule has 0 aliphatic rings. The molecule has 0 spiro atoms. The first-order valence-electron chi connectivity index (χ1n) is 7.17. The summed E-state index contributed by atoms with van der Waals surface area (Å²) in [6, 6.07) is 4.45. The highest BCUT2D eigenvalue weighted by Gasteiger charge is 2.18. The van der Waals surface area contributed by atoms with E-state index in [1.54, 1.807) is 11.0 Å². The molecule has 0 unspecified atom stereocenters. The van der Waals surface area contributed by atoms with Gasteiger partial charge in [-0.1, -0.05) is 0 Å². The molecule has 5 N–H and O–H groups in total. The number of carbonyl (C=O) groups is 1. The van der Waals surface area contributed by atoms with E-state index in [0.717, 1.165) is 0 Å². The Morgan fingerprint density at radius 2 is 2.12 bits per heavy atom.